The van der Waals surface area contributed by atoms with E-state index in [0.29, 0.717) is 10.2 Å². The number of H-pyrrole nitrogens is 1. The van der Waals surface area contributed by atoms with Gasteiger partial charge in [0.15, 0.2) is 0 Å². The molecule has 1 aromatic heterocycles. The third-order valence-electron chi connectivity index (χ3n) is 3.71. The molecule has 0 bridgehead atoms. The standard InChI is InChI=1S/C15H23N3OS/c1-11-5-4-8-18(9-11)10-12(2)17-14(19)13-6-3-7-16-15(13)20/h3,6-7,11-12H,4-5,8-10H2,1-2H3,(H,16,20)(H,17,19). The summed E-state index contributed by atoms with van der Waals surface area (Å²) in [6, 6.07) is 3.67. The van der Waals surface area contributed by atoms with E-state index in [1.54, 1.807) is 18.3 Å². The molecule has 0 aromatic carbocycles. The molecule has 20 heavy (non-hydrogen) atoms. The largest absolute Gasteiger partial charge is 0.352 e. The lowest BCUT2D eigenvalue weighted by Crippen LogP contribution is -2.45. The normalized spacial score (nSPS) is 21.4. The van der Waals surface area contributed by atoms with Crippen LogP contribution in [0.4, 0.5) is 0 Å². The third-order valence-corrected chi connectivity index (χ3v) is 4.05. The molecule has 0 radical (unpaired) electrons. The lowest BCUT2D eigenvalue weighted by atomic mass is 10.00. The van der Waals surface area contributed by atoms with Crippen molar-refractivity contribution >= 4 is 18.1 Å². The maximum absolute atomic E-state index is 12.2. The molecule has 2 rings (SSSR count). The minimum Gasteiger partial charge on any atom is -0.352 e. The van der Waals surface area contributed by atoms with Crippen molar-refractivity contribution in [2.45, 2.75) is 32.7 Å². The predicted molar refractivity (Wildman–Crippen MR) is 83.4 cm³/mol. The number of aromatic nitrogens is 1. The van der Waals surface area contributed by atoms with Crippen molar-refractivity contribution in [3.63, 3.8) is 0 Å². The minimum absolute atomic E-state index is 0.0931. The van der Waals surface area contributed by atoms with Gasteiger partial charge in [-0.3, -0.25) is 4.79 Å². The summed E-state index contributed by atoms with van der Waals surface area (Å²) in [4.78, 5) is 17.5. The molecular formula is C15H23N3OS. The molecule has 2 atom stereocenters. The van der Waals surface area contributed by atoms with Crippen LogP contribution in [0.15, 0.2) is 18.3 Å². The molecule has 1 aliphatic rings. The highest BCUT2D eigenvalue weighted by atomic mass is 32.1. The van der Waals surface area contributed by atoms with Crippen molar-refractivity contribution < 1.29 is 4.79 Å². The Morgan fingerprint density at radius 1 is 1.65 bits per heavy atom. The monoisotopic (exact) mass is 293 g/mol. The van der Waals surface area contributed by atoms with E-state index in [2.05, 4.69) is 22.1 Å². The topological polar surface area (TPSA) is 48.1 Å². The van der Waals surface area contributed by atoms with Gasteiger partial charge in [0.2, 0.25) is 0 Å². The molecule has 0 saturated carbocycles. The molecular weight excluding hydrogens is 270 g/mol. The fourth-order valence-corrected chi connectivity index (χ4v) is 3.02. The molecule has 110 valence electrons. The first-order valence-electron chi connectivity index (χ1n) is 7.27. The molecule has 4 nitrogen and oxygen atoms in total. The van der Waals surface area contributed by atoms with Gasteiger partial charge in [0.25, 0.3) is 5.91 Å². The fourth-order valence-electron chi connectivity index (χ4n) is 2.79. The van der Waals surface area contributed by atoms with Crippen LogP contribution in [0.1, 0.15) is 37.0 Å². The summed E-state index contributed by atoms with van der Waals surface area (Å²) in [6.45, 7) is 7.51. The van der Waals surface area contributed by atoms with Crippen LogP contribution < -0.4 is 5.32 Å². The van der Waals surface area contributed by atoms with Gasteiger partial charge < -0.3 is 15.2 Å². The maximum atomic E-state index is 12.2. The molecule has 0 aliphatic carbocycles. The van der Waals surface area contributed by atoms with E-state index in [-0.39, 0.29) is 11.9 Å². The first-order valence-corrected chi connectivity index (χ1v) is 7.68. The van der Waals surface area contributed by atoms with Gasteiger partial charge >= 0.3 is 0 Å². The number of nitrogens with one attached hydrogen (secondary N) is 2. The van der Waals surface area contributed by atoms with E-state index in [1.807, 2.05) is 6.92 Å². The lowest BCUT2D eigenvalue weighted by Gasteiger charge is -2.32. The van der Waals surface area contributed by atoms with Gasteiger partial charge in [0, 0.05) is 25.3 Å². The summed E-state index contributed by atoms with van der Waals surface area (Å²) < 4.78 is 0.490. The molecule has 0 spiro atoms. The highest BCUT2D eigenvalue weighted by molar-refractivity contribution is 7.71. The number of piperidine rings is 1. The second-order valence-corrected chi connectivity index (χ2v) is 6.20. The number of carbonyl (C=O) groups excluding carboxylic acids is 1. The van der Waals surface area contributed by atoms with Crippen LogP contribution in [0.2, 0.25) is 0 Å². The van der Waals surface area contributed by atoms with Crippen LogP contribution in [0.3, 0.4) is 0 Å². The van der Waals surface area contributed by atoms with E-state index < -0.39 is 0 Å². The number of aromatic amines is 1. The predicted octanol–water partition coefficient (Wildman–Crippen LogP) is 2.59. The quantitative estimate of drug-likeness (QED) is 0.839. The summed E-state index contributed by atoms with van der Waals surface area (Å²) in [5, 5.41) is 3.03. The Balaban J connectivity index is 1.88. The molecule has 1 saturated heterocycles. The summed E-state index contributed by atoms with van der Waals surface area (Å²) in [5.41, 5.74) is 0.543. The van der Waals surface area contributed by atoms with E-state index in [1.165, 1.54) is 12.8 Å². The van der Waals surface area contributed by atoms with Crippen LogP contribution in [0, 0.1) is 10.6 Å². The fraction of sp³-hybridized carbons (Fsp3) is 0.600. The van der Waals surface area contributed by atoms with Gasteiger partial charge in [-0.1, -0.05) is 19.1 Å². The van der Waals surface area contributed by atoms with Crippen LogP contribution in [-0.4, -0.2) is 41.5 Å². The Kier molecular flexibility index (Phi) is 5.31. The molecule has 1 fully saturated rings. The zero-order chi connectivity index (χ0) is 14.5. The summed E-state index contributed by atoms with van der Waals surface area (Å²) >= 11 is 5.13. The van der Waals surface area contributed by atoms with Gasteiger partial charge in [0.05, 0.1) is 5.56 Å². The summed E-state index contributed by atoms with van der Waals surface area (Å²) in [6.07, 6.45) is 4.31. The Morgan fingerprint density at radius 3 is 3.15 bits per heavy atom. The zero-order valence-corrected chi connectivity index (χ0v) is 13.0. The Bertz CT molecular complexity index is 514. The highest BCUT2D eigenvalue weighted by Crippen LogP contribution is 2.15. The maximum Gasteiger partial charge on any atom is 0.254 e. The van der Waals surface area contributed by atoms with Crippen molar-refractivity contribution in [2.24, 2.45) is 5.92 Å². The van der Waals surface area contributed by atoms with Crippen molar-refractivity contribution in [1.29, 1.82) is 0 Å². The van der Waals surface area contributed by atoms with E-state index in [0.717, 1.165) is 25.6 Å². The van der Waals surface area contributed by atoms with E-state index in [4.69, 9.17) is 12.2 Å². The number of carbonyl (C=O) groups is 1. The number of hydrogen-bond acceptors (Lipinski definition) is 3. The highest BCUT2D eigenvalue weighted by Gasteiger charge is 2.19. The molecule has 2 heterocycles. The summed E-state index contributed by atoms with van der Waals surface area (Å²) in [7, 11) is 0. The number of likely N-dealkylation sites (tertiary alicyclic amines) is 1. The van der Waals surface area contributed by atoms with E-state index >= 15 is 0 Å². The van der Waals surface area contributed by atoms with Crippen LogP contribution in [-0.2, 0) is 0 Å². The molecule has 2 N–H and O–H groups in total. The van der Waals surface area contributed by atoms with Crippen molar-refractivity contribution in [3.05, 3.63) is 28.5 Å². The number of rotatable bonds is 4. The van der Waals surface area contributed by atoms with Crippen molar-refractivity contribution in [2.75, 3.05) is 19.6 Å². The van der Waals surface area contributed by atoms with Crippen molar-refractivity contribution in [1.82, 2.24) is 15.2 Å². The number of pyridine rings is 1. The minimum atomic E-state index is -0.0931. The molecule has 1 aromatic rings. The Labute approximate surface area is 125 Å². The number of nitrogens with zero attached hydrogens (tertiary/aromatic N) is 1. The van der Waals surface area contributed by atoms with Gasteiger partial charge in [-0.2, -0.15) is 0 Å². The van der Waals surface area contributed by atoms with Crippen LogP contribution in [0.5, 0.6) is 0 Å². The Morgan fingerprint density at radius 2 is 2.45 bits per heavy atom. The van der Waals surface area contributed by atoms with Crippen LogP contribution >= 0.6 is 12.2 Å². The lowest BCUT2D eigenvalue weighted by molar-refractivity contribution is 0.0919. The molecule has 1 aliphatic heterocycles. The smallest absolute Gasteiger partial charge is 0.254 e. The second kappa shape index (κ2) is 6.99. The van der Waals surface area contributed by atoms with Gasteiger partial charge in [-0.25, -0.2) is 0 Å². The molecule has 1 amide bonds. The third kappa shape index (κ3) is 4.15. The average molecular weight is 293 g/mol. The van der Waals surface area contributed by atoms with E-state index in [9.17, 15) is 4.79 Å². The van der Waals surface area contributed by atoms with Crippen molar-refractivity contribution in [3.8, 4) is 0 Å². The zero-order valence-electron chi connectivity index (χ0n) is 12.2. The summed E-state index contributed by atoms with van der Waals surface area (Å²) in [5.74, 6) is 0.666. The Hall–Kier alpha value is -1.20. The van der Waals surface area contributed by atoms with Crippen LogP contribution in [0.25, 0.3) is 0 Å². The number of amides is 1. The average Bonchev–Trinajstić information content (AvgIpc) is 2.38. The van der Waals surface area contributed by atoms with Gasteiger partial charge in [0.1, 0.15) is 4.64 Å². The first-order chi connectivity index (χ1) is 9.56. The molecule has 2 unspecified atom stereocenters. The number of hydrogen-bond donors (Lipinski definition) is 2. The first kappa shape index (κ1) is 15.2. The van der Waals surface area contributed by atoms with Gasteiger partial charge in [-0.05, 0) is 44.4 Å². The SMILES string of the molecule is CC1CCCN(CC(C)NC(=O)c2ccc[nH]c2=S)C1. The van der Waals surface area contributed by atoms with Gasteiger partial charge in [-0.15, -0.1) is 0 Å². The second-order valence-electron chi connectivity index (χ2n) is 5.79. The molecule has 5 heteroatoms.